The maximum Gasteiger partial charge on any atom is 0.255 e. The first-order chi connectivity index (χ1) is 11.6. The van der Waals surface area contributed by atoms with E-state index in [0.717, 1.165) is 38.2 Å². The molecule has 1 amide bonds. The highest BCUT2D eigenvalue weighted by Crippen LogP contribution is 2.29. The first-order valence-corrected chi connectivity index (χ1v) is 9.36. The lowest BCUT2D eigenvalue weighted by molar-refractivity contribution is 0.0681. The van der Waals surface area contributed by atoms with Gasteiger partial charge in [-0.3, -0.25) is 4.79 Å². The molecule has 0 aliphatic carbocycles. The van der Waals surface area contributed by atoms with Crippen molar-refractivity contribution in [1.29, 1.82) is 0 Å². The van der Waals surface area contributed by atoms with Crippen LogP contribution in [0.25, 0.3) is 0 Å². The van der Waals surface area contributed by atoms with Gasteiger partial charge in [-0.15, -0.1) is 0 Å². The third-order valence-corrected chi connectivity index (χ3v) is 5.51. The molecule has 2 aliphatic heterocycles. The van der Waals surface area contributed by atoms with Crippen LogP contribution in [0.5, 0.6) is 0 Å². The van der Waals surface area contributed by atoms with Gasteiger partial charge in [-0.05, 0) is 51.2 Å². The summed E-state index contributed by atoms with van der Waals surface area (Å²) < 4.78 is 0. The number of nitrogens with zero attached hydrogens (tertiary/aromatic N) is 3. The van der Waals surface area contributed by atoms with Crippen LogP contribution in [0.1, 0.15) is 56.3 Å². The molecule has 2 bridgehead atoms. The molecule has 0 spiro atoms. The highest BCUT2D eigenvalue weighted by molar-refractivity contribution is 5.94. The van der Waals surface area contributed by atoms with Crippen LogP contribution in [0.4, 0.5) is 5.82 Å². The number of carbonyl (C=O) groups excluding carboxylic acids is 1. The zero-order chi connectivity index (χ0) is 17.1. The van der Waals surface area contributed by atoms with Crippen LogP contribution in [-0.4, -0.2) is 54.1 Å². The van der Waals surface area contributed by atoms with E-state index in [0.29, 0.717) is 23.7 Å². The molecule has 3 rings (SSSR count). The minimum Gasteiger partial charge on any atom is -0.357 e. The second-order valence-corrected chi connectivity index (χ2v) is 7.16. The Hall–Kier alpha value is -1.62. The molecule has 2 fully saturated rings. The van der Waals surface area contributed by atoms with Crippen molar-refractivity contribution in [2.45, 2.75) is 64.1 Å². The minimum atomic E-state index is 0.0962. The SMILES string of the molecule is CCCN(CC)c1ccc(C(=O)N(C)C2CC3CCC(C2)N3)cn1. The van der Waals surface area contributed by atoms with Crippen LogP contribution in [0.2, 0.25) is 0 Å². The van der Waals surface area contributed by atoms with E-state index in [1.165, 1.54) is 12.8 Å². The van der Waals surface area contributed by atoms with Crippen molar-refractivity contribution < 1.29 is 4.79 Å². The van der Waals surface area contributed by atoms with E-state index in [2.05, 4.69) is 29.0 Å². The maximum atomic E-state index is 12.8. The summed E-state index contributed by atoms with van der Waals surface area (Å²) in [5.74, 6) is 1.05. The van der Waals surface area contributed by atoms with Crippen LogP contribution >= 0.6 is 0 Å². The van der Waals surface area contributed by atoms with Crippen LogP contribution in [-0.2, 0) is 0 Å². The Morgan fingerprint density at radius 3 is 2.50 bits per heavy atom. The Balaban J connectivity index is 1.66. The van der Waals surface area contributed by atoms with Gasteiger partial charge in [0.25, 0.3) is 5.91 Å². The van der Waals surface area contributed by atoms with Gasteiger partial charge in [-0.25, -0.2) is 4.98 Å². The molecule has 0 saturated carbocycles. The van der Waals surface area contributed by atoms with E-state index < -0.39 is 0 Å². The second kappa shape index (κ2) is 7.51. The summed E-state index contributed by atoms with van der Waals surface area (Å²) in [6.45, 7) is 6.23. The molecular weight excluding hydrogens is 300 g/mol. The van der Waals surface area contributed by atoms with E-state index in [1.54, 1.807) is 6.20 Å². The molecule has 5 heteroatoms. The number of amides is 1. The van der Waals surface area contributed by atoms with Crippen molar-refractivity contribution in [3.05, 3.63) is 23.9 Å². The van der Waals surface area contributed by atoms with Gasteiger partial charge in [0.2, 0.25) is 0 Å². The number of piperidine rings is 1. The molecule has 3 heterocycles. The quantitative estimate of drug-likeness (QED) is 0.871. The Morgan fingerprint density at radius 2 is 1.96 bits per heavy atom. The Labute approximate surface area is 145 Å². The van der Waals surface area contributed by atoms with Gasteiger partial charge in [0.05, 0.1) is 5.56 Å². The third kappa shape index (κ3) is 3.56. The summed E-state index contributed by atoms with van der Waals surface area (Å²) >= 11 is 0. The normalized spacial score (nSPS) is 25.5. The molecule has 2 unspecified atom stereocenters. The van der Waals surface area contributed by atoms with Gasteiger partial charge < -0.3 is 15.1 Å². The van der Waals surface area contributed by atoms with E-state index in [9.17, 15) is 4.79 Å². The smallest absolute Gasteiger partial charge is 0.255 e. The summed E-state index contributed by atoms with van der Waals surface area (Å²) in [4.78, 5) is 21.5. The van der Waals surface area contributed by atoms with Crippen molar-refractivity contribution in [3.63, 3.8) is 0 Å². The maximum absolute atomic E-state index is 12.8. The molecule has 24 heavy (non-hydrogen) atoms. The summed E-state index contributed by atoms with van der Waals surface area (Å²) in [5, 5.41) is 3.64. The topological polar surface area (TPSA) is 48.5 Å². The predicted molar refractivity (Wildman–Crippen MR) is 97.5 cm³/mol. The minimum absolute atomic E-state index is 0.0962. The van der Waals surface area contributed by atoms with E-state index in [1.807, 2.05) is 24.1 Å². The first kappa shape index (κ1) is 17.2. The second-order valence-electron chi connectivity index (χ2n) is 7.16. The zero-order valence-electron chi connectivity index (χ0n) is 15.2. The number of pyridine rings is 1. The lowest BCUT2D eigenvalue weighted by Crippen LogP contribution is -2.48. The molecule has 0 radical (unpaired) electrons. The van der Waals surface area contributed by atoms with Crippen LogP contribution in [0, 0.1) is 0 Å². The number of aromatic nitrogens is 1. The molecule has 2 atom stereocenters. The van der Waals surface area contributed by atoms with Crippen molar-refractivity contribution >= 4 is 11.7 Å². The van der Waals surface area contributed by atoms with Gasteiger partial charge in [0, 0.05) is 44.5 Å². The molecule has 5 nitrogen and oxygen atoms in total. The molecule has 1 N–H and O–H groups in total. The fraction of sp³-hybridized carbons (Fsp3) is 0.684. The van der Waals surface area contributed by atoms with Crippen molar-refractivity contribution in [3.8, 4) is 0 Å². The molecule has 2 aliphatic rings. The monoisotopic (exact) mass is 330 g/mol. The van der Waals surface area contributed by atoms with Crippen LogP contribution < -0.4 is 10.2 Å². The predicted octanol–water partition coefficient (Wildman–Crippen LogP) is 2.67. The average Bonchev–Trinajstić information content (AvgIpc) is 2.96. The summed E-state index contributed by atoms with van der Waals surface area (Å²) in [6.07, 6.45) is 7.49. The van der Waals surface area contributed by atoms with Gasteiger partial charge in [-0.2, -0.15) is 0 Å². The summed E-state index contributed by atoms with van der Waals surface area (Å²) in [7, 11) is 1.95. The van der Waals surface area contributed by atoms with Gasteiger partial charge in [0.15, 0.2) is 0 Å². The average molecular weight is 330 g/mol. The van der Waals surface area contributed by atoms with Gasteiger partial charge in [0.1, 0.15) is 5.82 Å². The highest BCUT2D eigenvalue weighted by Gasteiger charge is 2.36. The Bertz CT molecular complexity index is 547. The number of rotatable bonds is 6. The van der Waals surface area contributed by atoms with Crippen LogP contribution in [0.3, 0.4) is 0 Å². The number of carbonyl (C=O) groups is 1. The zero-order valence-corrected chi connectivity index (χ0v) is 15.2. The van der Waals surface area contributed by atoms with Gasteiger partial charge in [-0.1, -0.05) is 6.92 Å². The van der Waals surface area contributed by atoms with Crippen molar-refractivity contribution in [1.82, 2.24) is 15.2 Å². The summed E-state index contributed by atoms with van der Waals surface area (Å²) in [6, 6.07) is 5.44. The number of hydrogen-bond acceptors (Lipinski definition) is 4. The highest BCUT2D eigenvalue weighted by atomic mass is 16.2. The van der Waals surface area contributed by atoms with Gasteiger partial charge >= 0.3 is 0 Å². The Kier molecular flexibility index (Phi) is 5.39. The first-order valence-electron chi connectivity index (χ1n) is 9.36. The number of fused-ring (bicyclic) bond motifs is 2. The summed E-state index contributed by atoms with van der Waals surface area (Å²) in [5.41, 5.74) is 0.694. The van der Waals surface area contributed by atoms with Crippen molar-refractivity contribution in [2.75, 3.05) is 25.0 Å². The number of anilines is 1. The molecular formula is C19H30N4O. The Morgan fingerprint density at radius 1 is 1.25 bits per heavy atom. The van der Waals surface area contributed by atoms with E-state index >= 15 is 0 Å². The number of hydrogen-bond donors (Lipinski definition) is 1. The third-order valence-electron chi connectivity index (χ3n) is 5.51. The standard InChI is InChI=1S/C19H30N4O/c1-4-10-23(5-2)18-9-6-14(13-20-18)19(24)22(3)17-11-15-7-8-16(12-17)21-15/h6,9,13,15-17,21H,4-5,7-8,10-12H2,1-3H3. The molecule has 132 valence electrons. The number of nitrogens with one attached hydrogen (secondary N) is 1. The van der Waals surface area contributed by atoms with E-state index in [-0.39, 0.29) is 5.91 Å². The lowest BCUT2D eigenvalue weighted by atomic mass is 9.98. The van der Waals surface area contributed by atoms with Crippen molar-refractivity contribution in [2.24, 2.45) is 0 Å². The lowest BCUT2D eigenvalue weighted by Gasteiger charge is -2.35. The fourth-order valence-corrected chi connectivity index (χ4v) is 4.12. The molecule has 2 saturated heterocycles. The van der Waals surface area contributed by atoms with E-state index in [4.69, 9.17) is 0 Å². The van der Waals surface area contributed by atoms with Crippen LogP contribution in [0.15, 0.2) is 18.3 Å². The molecule has 0 aromatic carbocycles. The molecule has 1 aromatic rings. The largest absolute Gasteiger partial charge is 0.357 e. The molecule has 1 aromatic heterocycles. The fourth-order valence-electron chi connectivity index (χ4n) is 4.12.